The van der Waals surface area contributed by atoms with Crippen molar-refractivity contribution in [2.24, 2.45) is 0 Å². The van der Waals surface area contributed by atoms with Gasteiger partial charge in [-0.1, -0.05) is 24.3 Å². The van der Waals surface area contributed by atoms with Crippen molar-refractivity contribution < 1.29 is 39.2 Å². The first-order chi connectivity index (χ1) is 18.5. The smallest absolute Gasteiger partial charge is 0.335 e. The molecule has 3 aromatic rings. The molecule has 208 valence electrons. The normalized spacial score (nSPS) is 12.6. The van der Waals surface area contributed by atoms with E-state index in [0.717, 1.165) is 16.8 Å². The van der Waals surface area contributed by atoms with Gasteiger partial charge in [-0.15, -0.1) is 0 Å². The molecule has 0 aliphatic carbocycles. The lowest BCUT2D eigenvalue weighted by molar-refractivity contribution is -0.139. The number of rotatable bonds is 13. The van der Waals surface area contributed by atoms with Crippen LogP contribution in [0.2, 0.25) is 0 Å². The second kappa shape index (κ2) is 13.2. The van der Waals surface area contributed by atoms with E-state index in [1.54, 1.807) is 31.2 Å². The Bertz CT molecular complexity index is 1320. The number of carboxylic acids is 2. The summed E-state index contributed by atoms with van der Waals surface area (Å²) in [4.78, 5) is 35.3. The van der Waals surface area contributed by atoms with Crippen LogP contribution in [0.25, 0.3) is 11.1 Å². The summed E-state index contributed by atoms with van der Waals surface area (Å²) >= 11 is 0. The average Bonchev–Trinajstić information content (AvgIpc) is 3.17. The number of aliphatic carboxylic acids is 1. The number of carbonyl (C=O) groups excluding carboxylic acids is 1. The van der Waals surface area contributed by atoms with Crippen LogP contribution in [0.3, 0.4) is 0 Å². The van der Waals surface area contributed by atoms with Crippen LogP contribution in [0, 0.1) is 12.7 Å². The summed E-state index contributed by atoms with van der Waals surface area (Å²) in [6.07, 6.45) is -2.17. The van der Waals surface area contributed by atoms with E-state index < -0.39 is 36.4 Å². The predicted molar refractivity (Wildman–Crippen MR) is 142 cm³/mol. The number of hydrogen-bond donors (Lipinski definition) is 5. The van der Waals surface area contributed by atoms with E-state index in [0.29, 0.717) is 29.8 Å². The summed E-state index contributed by atoms with van der Waals surface area (Å²) in [5.41, 5.74) is 4.16. The van der Waals surface area contributed by atoms with Crippen LogP contribution in [0.5, 0.6) is 0 Å². The number of benzene rings is 2. The monoisotopic (exact) mass is 540 g/mol. The minimum absolute atomic E-state index is 0.0992. The van der Waals surface area contributed by atoms with Gasteiger partial charge in [0.25, 0.3) is 5.91 Å². The van der Waals surface area contributed by atoms with Crippen molar-refractivity contribution in [3.05, 3.63) is 82.4 Å². The van der Waals surface area contributed by atoms with Gasteiger partial charge in [0.2, 0.25) is 0 Å². The molecule has 0 saturated heterocycles. The highest BCUT2D eigenvalue weighted by Crippen LogP contribution is 2.34. The number of carbonyl (C=O) groups is 3. The van der Waals surface area contributed by atoms with Crippen molar-refractivity contribution in [3.63, 3.8) is 0 Å². The highest BCUT2D eigenvalue weighted by molar-refractivity contribution is 5.97. The van der Waals surface area contributed by atoms with Crippen LogP contribution in [0.4, 0.5) is 4.39 Å². The molecule has 0 aliphatic heterocycles. The van der Waals surface area contributed by atoms with Gasteiger partial charge >= 0.3 is 11.9 Å². The minimum atomic E-state index is -1.18. The van der Waals surface area contributed by atoms with Crippen molar-refractivity contribution in [2.45, 2.75) is 64.8 Å². The van der Waals surface area contributed by atoms with E-state index >= 15 is 0 Å². The lowest BCUT2D eigenvalue weighted by Crippen LogP contribution is -2.26. The van der Waals surface area contributed by atoms with Gasteiger partial charge in [0.1, 0.15) is 11.5 Å². The van der Waals surface area contributed by atoms with Crippen LogP contribution in [-0.2, 0) is 24.3 Å². The maximum Gasteiger partial charge on any atom is 0.335 e. The third-order valence-electron chi connectivity index (χ3n) is 6.60. The molecule has 1 aromatic heterocycles. The fourth-order valence-corrected chi connectivity index (χ4v) is 4.76. The fourth-order valence-electron chi connectivity index (χ4n) is 4.76. The molecular formula is C29H33FN2O7. The highest BCUT2D eigenvalue weighted by Gasteiger charge is 2.26. The molecule has 3 rings (SSSR count). The van der Waals surface area contributed by atoms with Gasteiger partial charge in [-0.05, 0) is 74.1 Å². The second-order valence-corrected chi connectivity index (χ2v) is 9.41. The zero-order chi connectivity index (χ0) is 28.7. The molecule has 39 heavy (non-hydrogen) atoms. The maximum absolute atomic E-state index is 13.7. The third-order valence-corrected chi connectivity index (χ3v) is 6.60. The van der Waals surface area contributed by atoms with Gasteiger partial charge in [-0.2, -0.15) is 0 Å². The first-order valence-electron chi connectivity index (χ1n) is 12.7. The van der Waals surface area contributed by atoms with Gasteiger partial charge in [0, 0.05) is 24.3 Å². The van der Waals surface area contributed by atoms with Crippen LogP contribution >= 0.6 is 0 Å². The van der Waals surface area contributed by atoms with E-state index in [9.17, 15) is 29.0 Å². The highest BCUT2D eigenvalue weighted by atomic mass is 19.1. The molecule has 9 nitrogen and oxygen atoms in total. The molecule has 0 fully saturated rings. The number of hydrogen-bond acceptors (Lipinski definition) is 5. The SMILES string of the molecule is CCn1c(CC[C@@H](O)C[C@@H](O)CC(=O)O)c(-c2ccc(F)cc2)c(C)c1C(=O)NCc1ccc(C(=O)O)cc1. The number of nitrogens with zero attached hydrogens (tertiary/aromatic N) is 1. The molecule has 10 heteroatoms. The van der Waals surface area contributed by atoms with Crippen LogP contribution in [-0.4, -0.2) is 55.0 Å². The molecule has 5 N–H and O–H groups in total. The quantitative estimate of drug-likeness (QED) is 0.222. The van der Waals surface area contributed by atoms with Crippen LogP contribution in [0.1, 0.15) is 63.9 Å². The number of aliphatic hydroxyl groups excluding tert-OH is 2. The second-order valence-electron chi connectivity index (χ2n) is 9.41. The van der Waals surface area contributed by atoms with Gasteiger partial charge < -0.3 is 30.3 Å². The minimum Gasteiger partial charge on any atom is -0.481 e. The Labute approximate surface area is 225 Å². The van der Waals surface area contributed by atoms with Crippen molar-refractivity contribution in [1.82, 2.24) is 9.88 Å². The van der Waals surface area contributed by atoms with E-state index in [1.165, 1.54) is 24.3 Å². The van der Waals surface area contributed by atoms with E-state index in [4.69, 9.17) is 10.2 Å². The number of halogens is 1. The number of aromatic carboxylic acids is 1. The van der Waals surface area contributed by atoms with Gasteiger partial charge in [0.15, 0.2) is 0 Å². The largest absolute Gasteiger partial charge is 0.481 e. The number of aliphatic hydroxyl groups is 2. The van der Waals surface area contributed by atoms with Gasteiger partial charge in [0.05, 0.1) is 24.2 Å². The molecule has 0 aliphatic rings. The molecule has 0 unspecified atom stereocenters. The van der Waals surface area contributed by atoms with Crippen molar-refractivity contribution in [3.8, 4) is 11.1 Å². The Morgan fingerprint density at radius 2 is 1.62 bits per heavy atom. The van der Waals surface area contributed by atoms with Crippen LogP contribution in [0.15, 0.2) is 48.5 Å². The first kappa shape index (κ1) is 29.5. The van der Waals surface area contributed by atoms with Gasteiger partial charge in [-0.3, -0.25) is 9.59 Å². The van der Waals surface area contributed by atoms with E-state index in [-0.39, 0.29) is 30.9 Å². The zero-order valence-corrected chi connectivity index (χ0v) is 21.9. The average molecular weight is 541 g/mol. The van der Waals surface area contributed by atoms with Crippen LogP contribution < -0.4 is 5.32 Å². The molecule has 0 radical (unpaired) electrons. The number of nitrogens with one attached hydrogen (secondary N) is 1. The Hall–Kier alpha value is -4.02. The molecule has 1 heterocycles. The Balaban J connectivity index is 1.90. The maximum atomic E-state index is 13.7. The zero-order valence-electron chi connectivity index (χ0n) is 21.9. The van der Waals surface area contributed by atoms with Crippen molar-refractivity contribution >= 4 is 17.8 Å². The van der Waals surface area contributed by atoms with Gasteiger partial charge in [-0.25, -0.2) is 9.18 Å². The lowest BCUT2D eigenvalue weighted by atomic mass is 9.97. The molecule has 0 spiro atoms. The molecule has 2 atom stereocenters. The van der Waals surface area contributed by atoms with E-state index in [2.05, 4.69) is 5.32 Å². The van der Waals surface area contributed by atoms with Crippen molar-refractivity contribution in [1.29, 1.82) is 0 Å². The Morgan fingerprint density at radius 3 is 2.18 bits per heavy atom. The summed E-state index contributed by atoms with van der Waals surface area (Å²) in [5.74, 6) is -2.94. The Morgan fingerprint density at radius 1 is 0.974 bits per heavy atom. The standard InChI is InChI=1S/C29H33FN2O7/c1-3-32-24(13-12-22(33)14-23(34)15-25(35)36)26(19-8-10-21(30)11-9-19)17(2)27(32)28(37)31-16-18-4-6-20(7-5-18)29(38)39/h4-11,22-23,33-34H,3,12-16H2,1-2H3,(H,31,37)(H,35,36)(H,38,39)/t22-,23-/m1/s1. The topological polar surface area (TPSA) is 149 Å². The number of carboxylic acid groups (broad SMARTS) is 2. The summed E-state index contributed by atoms with van der Waals surface area (Å²) < 4.78 is 15.5. The molecule has 2 aromatic carbocycles. The third kappa shape index (κ3) is 7.52. The number of aromatic nitrogens is 1. The molecular weight excluding hydrogens is 507 g/mol. The molecule has 1 amide bonds. The number of amides is 1. The lowest BCUT2D eigenvalue weighted by Gasteiger charge is -2.17. The summed E-state index contributed by atoms with van der Waals surface area (Å²) in [6, 6.07) is 12.1. The molecule has 0 bridgehead atoms. The fraction of sp³-hybridized carbons (Fsp3) is 0.345. The molecule has 0 saturated carbocycles. The predicted octanol–water partition coefficient (Wildman–Crippen LogP) is 3.77. The summed E-state index contributed by atoms with van der Waals surface area (Å²) in [7, 11) is 0. The summed E-state index contributed by atoms with van der Waals surface area (Å²) in [5, 5.41) is 41.2. The summed E-state index contributed by atoms with van der Waals surface area (Å²) in [6.45, 7) is 4.30. The van der Waals surface area contributed by atoms with Crippen molar-refractivity contribution in [2.75, 3.05) is 0 Å². The van der Waals surface area contributed by atoms with E-state index in [1.807, 2.05) is 11.5 Å². The Kier molecular flexibility index (Phi) is 9.97. The first-order valence-corrected chi connectivity index (χ1v) is 12.7.